The van der Waals surface area contributed by atoms with Gasteiger partial charge >= 0.3 is 0 Å². The van der Waals surface area contributed by atoms with Gasteiger partial charge in [-0.05, 0) is 23.8 Å². The minimum absolute atomic E-state index is 0.393. The van der Waals surface area contributed by atoms with Crippen LogP contribution in [0, 0.1) is 0 Å². The molecule has 1 aromatic rings. The number of aliphatic hydroxyl groups is 1. The number of halogens is 2. The van der Waals surface area contributed by atoms with Crippen molar-refractivity contribution in [1.82, 2.24) is 0 Å². The van der Waals surface area contributed by atoms with Crippen LogP contribution in [0.15, 0.2) is 42.7 Å². The van der Waals surface area contributed by atoms with Crippen molar-refractivity contribution in [3.8, 4) is 0 Å². The van der Waals surface area contributed by atoms with Crippen LogP contribution in [0.25, 0.3) is 0 Å². The van der Waals surface area contributed by atoms with E-state index in [1.807, 2.05) is 0 Å². The lowest BCUT2D eigenvalue weighted by molar-refractivity contribution is 0.118. The zero-order chi connectivity index (χ0) is 10.6. The van der Waals surface area contributed by atoms with Crippen LogP contribution in [0.2, 0.25) is 5.02 Å². The van der Waals surface area contributed by atoms with Gasteiger partial charge in [-0.15, -0.1) is 5.73 Å². The average Bonchev–Trinajstić information content (AvgIpc) is 2.19. The van der Waals surface area contributed by atoms with E-state index >= 15 is 0 Å². The maximum absolute atomic E-state index is 10.1. The summed E-state index contributed by atoms with van der Waals surface area (Å²) in [4.78, 5) is 0. The highest BCUT2D eigenvalue weighted by Crippen LogP contribution is 2.25. The molecule has 1 N–H and O–H groups in total. The minimum atomic E-state index is -1.06. The van der Waals surface area contributed by atoms with Crippen LogP contribution >= 0.6 is 27.5 Å². The first-order valence-corrected chi connectivity index (χ1v) is 5.54. The second-order valence-corrected chi connectivity index (χ2v) is 3.91. The Kier molecular flexibility index (Phi) is 3.97. The molecular formula is C11H10BrClO. The molecule has 0 amide bonds. The van der Waals surface area contributed by atoms with E-state index in [2.05, 4.69) is 28.2 Å². The molecule has 0 aliphatic heterocycles. The number of rotatable bonds is 3. The molecule has 0 spiro atoms. The first kappa shape index (κ1) is 11.5. The zero-order valence-corrected chi connectivity index (χ0v) is 9.85. The van der Waals surface area contributed by atoms with Crippen molar-refractivity contribution in [3.63, 3.8) is 0 Å². The summed E-state index contributed by atoms with van der Waals surface area (Å²) in [5.41, 5.74) is 2.28. The Bertz CT molecular complexity index is 354. The summed E-state index contributed by atoms with van der Waals surface area (Å²) in [5.74, 6) is 0. The number of hydrogen-bond donors (Lipinski definition) is 1. The van der Waals surface area contributed by atoms with E-state index < -0.39 is 5.60 Å². The fraction of sp³-hybridized carbons (Fsp3) is 0.182. The molecule has 0 saturated carbocycles. The summed E-state index contributed by atoms with van der Waals surface area (Å²) in [6.07, 6.45) is 1.52. The van der Waals surface area contributed by atoms with Crippen molar-refractivity contribution in [2.45, 2.75) is 5.60 Å². The highest BCUT2D eigenvalue weighted by Gasteiger charge is 2.24. The van der Waals surface area contributed by atoms with Crippen molar-refractivity contribution < 1.29 is 5.11 Å². The predicted octanol–water partition coefficient (Wildman–Crippen LogP) is 3.26. The predicted molar refractivity (Wildman–Crippen MR) is 62.9 cm³/mol. The summed E-state index contributed by atoms with van der Waals surface area (Å²) >= 11 is 9.00. The average molecular weight is 274 g/mol. The van der Waals surface area contributed by atoms with Gasteiger partial charge in [0.15, 0.2) is 0 Å². The topological polar surface area (TPSA) is 20.2 Å². The van der Waals surface area contributed by atoms with Crippen molar-refractivity contribution >= 4 is 27.5 Å². The molecule has 0 saturated heterocycles. The Morgan fingerprint density at radius 3 is 2.50 bits per heavy atom. The summed E-state index contributed by atoms with van der Waals surface area (Å²) in [7, 11) is 0. The molecule has 1 unspecified atom stereocenters. The van der Waals surface area contributed by atoms with E-state index in [9.17, 15) is 5.11 Å². The second-order valence-electron chi connectivity index (χ2n) is 2.91. The lowest BCUT2D eigenvalue weighted by Gasteiger charge is -2.21. The smallest absolute Gasteiger partial charge is 0.125 e. The van der Waals surface area contributed by atoms with E-state index in [0.29, 0.717) is 10.4 Å². The largest absolute Gasteiger partial charge is 0.379 e. The lowest BCUT2D eigenvalue weighted by atomic mass is 9.96. The number of hydrogen-bond acceptors (Lipinski definition) is 1. The first-order chi connectivity index (χ1) is 6.62. The first-order valence-electron chi connectivity index (χ1n) is 4.04. The molecule has 0 aliphatic rings. The third-order valence-electron chi connectivity index (χ3n) is 1.89. The van der Waals surface area contributed by atoms with Gasteiger partial charge in [0.05, 0.1) is 0 Å². The normalized spacial score (nSPS) is 14.2. The summed E-state index contributed by atoms with van der Waals surface area (Å²) in [5, 5.41) is 11.2. The van der Waals surface area contributed by atoms with Crippen LogP contribution in [0.4, 0.5) is 0 Å². The van der Waals surface area contributed by atoms with Gasteiger partial charge in [-0.2, -0.15) is 0 Å². The van der Waals surface area contributed by atoms with Crippen molar-refractivity contribution in [3.05, 3.63) is 53.2 Å². The maximum atomic E-state index is 10.1. The molecule has 14 heavy (non-hydrogen) atoms. The highest BCUT2D eigenvalue weighted by molar-refractivity contribution is 9.09. The zero-order valence-electron chi connectivity index (χ0n) is 7.50. The van der Waals surface area contributed by atoms with Crippen LogP contribution in [0.1, 0.15) is 5.56 Å². The highest BCUT2D eigenvalue weighted by atomic mass is 79.9. The third kappa shape index (κ3) is 2.49. The Labute approximate surface area is 96.8 Å². The number of alkyl halides is 1. The Balaban J connectivity index is 3.12. The molecule has 0 heterocycles. The second kappa shape index (κ2) is 4.81. The van der Waals surface area contributed by atoms with Crippen molar-refractivity contribution in [2.24, 2.45) is 0 Å². The number of benzene rings is 1. The van der Waals surface area contributed by atoms with E-state index in [0.717, 1.165) is 5.56 Å². The monoisotopic (exact) mass is 272 g/mol. The summed E-state index contributed by atoms with van der Waals surface area (Å²) in [6.45, 7) is 3.45. The Morgan fingerprint density at radius 2 is 2.07 bits per heavy atom. The van der Waals surface area contributed by atoms with E-state index in [1.165, 1.54) is 6.08 Å². The van der Waals surface area contributed by atoms with Gasteiger partial charge in [0, 0.05) is 10.4 Å². The molecule has 1 atom stereocenters. The van der Waals surface area contributed by atoms with Crippen LogP contribution in [-0.2, 0) is 5.60 Å². The molecule has 0 radical (unpaired) electrons. The van der Waals surface area contributed by atoms with Gasteiger partial charge in [-0.1, -0.05) is 46.2 Å². The molecule has 1 nitrogen and oxygen atoms in total. The van der Waals surface area contributed by atoms with Gasteiger partial charge in [-0.25, -0.2) is 0 Å². The van der Waals surface area contributed by atoms with Gasteiger partial charge < -0.3 is 5.11 Å². The van der Waals surface area contributed by atoms with Crippen LogP contribution in [0.3, 0.4) is 0 Å². The fourth-order valence-electron chi connectivity index (χ4n) is 1.11. The van der Waals surface area contributed by atoms with Crippen LogP contribution in [0.5, 0.6) is 0 Å². The molecule has 0 fully saturated rings. The summed E-state index contributed by atoms with van der Waals surface area (Å²) < 4.78 is 0. The van der Waals surface area contributed by atoms with Crippen molar-refractivity contribution in [1.29, 1.82) is 0 Å². The van der Waals surface area contributed by atoms with Crippen LogP contribution in [-0.4, -0.2) is 10.4 Å². The minimum Gasteiger partial charge on any atom is -0.379 e. The third-order valence-corrected chi connectivity index (χ3v) is 3.00. The standard InChI is InChI=1S/C11H10BrClO/c1-2-7-11(14,8-12)9-3-5-10(13)6-4-9/h3-7,14H,1,8H2. The molecule has 0 aromatic heterocycles. The molecule has 1 rings (SSSR count). The van der Waals surface area contributed by atoms with Gasteiger partial charge in [0.1, 0.15) is 5.60 Å². The van der Waals surface area contributed by atoms with Gasteiger partial charge in [-0.3, -0.25) is 0 Å². The fourth-order valence-corrected chi connectivity index (χ4v) is 1.72. The van der Waals surface area contributed by atoms with E-state index in [-0.39, 0.29) is 0 Å². The van der Waals surface area contributed by atoms with Gasteiger partial charge in [0.25, 0.3) is 0 Å². The Hall–Kier alpha value is -0.530. The van der Waals surface area contributed by atoms with Crippen LogP contribution < -0.4 is 0 Å². The van der Waals surface area contributed by atoms with Crippen molar-refractivity contribution in [2.75, 3.05) is 5.33 Å². The molecular weight excluding hydrogens is 263 g/mol. The molecule has 0 aliphatic carbocycles. The maximum Gasteiger partial charge on any atom is 0.125 e. The SMILES string of the molecule is C=C=CC(O)(CBr)c1ccc(Cl)cc1. The van der Waals surface area contributed by atoms with E-state index in [1.54, 1.807) is 24.3 Å². The molecule has 3 heteroatoms. The van der Waals surface area contributed by atoms with Gasteiger partial charge in [0.2, 0.25) is 0 Å². The quantitative estimate of drug-likeness (QED) is 0.662. The Morgan fingerprint density at radius 1 is 1.50 bits per heavy atom. The summed E-state index contributed by atoms with van der Waals surface area (Å²) in [6, 6.07) is 7.03. The lowest BCUT2D eigenvalue weighted by Crippen LogP contribution is -2.24. The molecule has 0 bridgehead atoms. The van der Waals surface area contributed by atoms with E-state index in [4.69, 9.17) is 11.6 Å². The molecule has 74 valence electrons. The molecule has 1 aromatic carbocycles.